The predicted octanol–water partition coefficient (Wildman–Crippen LogP) is 2.93. The highest BCUT2D eigenvalue weighted by molar-refractivity contribution is 9.10. The van der Waals surface area contributed by atoms with Crippen LogP contribution < -0.4 is 5.32 Å². The summed E-state index contributed by atoms with van der Waals surface area (Å²) in [5, 5.41) is 3.63. The number of amides is 1. The molecule has 1 aromatic carbocycles. The Kier molecular flexibility index (Phi) is 4.65. The van der Waals surface area contributed by atoms with Crippen LogP contribution >= 0.6 is 27.5 Å². The number of nitrogens with zero attached hydrogens (tertiary/aromatic N) is 1. The number of hydrogen-bond donors (Lipinski definition) is 1. The van der Waals surface area contributed by atoms with Crippen LogP contribution in [-0.4, -0.2) is 37.0 Å². The molecule has 0 aromatic heterocycles. The van der Waals surface area contributed by atoms with E-state index in [0.29, 0.717) is 10.6 Å². The Morgan fingerprint density at radius 3 is 2.67 bits per heavy atom. The highest BCUT2D eigenvalue weighted by atomic mass is 79.9. The van der Waals surface area contributed by atoms with Crippen LogP contribution in [0.3, 0.4) is 0 Å². The number of rotatable bonds is 2. The first kappa shape index (κ1) is 13.8. The lowest BCUT2D eigenvalue weighted by atomic mass is 10.0. The van der Waals surface area contributed by atoms with Crippen LogP contribution in [0.5, 0.6) is 0 Å². The Morgan fingerprint density at radius 2 is 2.06 bits per heavy atom. The molecule has 0 unspecified atom stereocenters. The van der Waals surface area contributed by atoms with E-state index in [-0.39, 0.29) is 11.9 Å². The number of halogens is 2. The van der Waals surface area contributed by atoms with E-state index in [4.69, 9.17) is 11.6 Å². The fourth-order valence-electron chi connectivity index (χ4n) is 2.11. The summed E-state index contributed by atoms with van der Waals surface area (Å²) in [6.07, 6.45) is 2.01. The SMILES string of the molecule is CN1CCC(NC(=O)c2cc(Cl)cc(Br)c2)CC1. The summed E-state index contributed by atoms with van der Waals surface area (Å²) in [6, 6.07) is 5.52. The van der Waals surface area contributed by atoms with Gasteiger partial charge in [-0.25, -0.2) is 0 Å². The molecule has 5 heteroatoms. The van der Waals surface area contributed by atoms with E-state index < -0.39 is 0 Å². The van der Waals surface area contributed by atoms with Gasteiger partial charge in [-0.05, 0) is 51.2 Å². The molecule has 1 heterocycles. The van der Waals surface area contributed by atoms with Gasteiger partial charge < -0.3 is 10.2 Å². The van der Waals surface area contributed by atoms with Crippen LogP contribution in [0.1, 0.15) is 23.2 Å². The summed E-state index contributed by atoms with van der Waals surface area (Å²) >= 11 is 9.28. The van der Waals surface area contributed by atoms with Crippen molar-refractivity contribution in [3.8, 4) is 0 Å². The molecule has 0 atom stereocenters. The van der Waals surface area contributed by atoms with Crippen LogP contribution in [0.15, 0.2) is 22.7 Å². The van der Waals surface area contributed by atoms with Gasteiger partial charge in [-0.2, -0.15) is 0 Å². The minimum absolute atomic E-state index is 0.0484. The van der Waals surface area contributed by atoms with Crippen LogP contribution in [0.25, 0.3) is 0 Å². The summed E-state index contributed by atoms with van der Waals surface area (Å²) in [5.41, 5.74) is 0.605. The zero-order valence-corrected chi connectivity index (χ0v) is 12.6. The first-order valence-corrected chi connectivity index (χ1v) is 7.17. The molecule has 18 heavy (non-hydrogen) atoms. The van der Waals surface area contributed by atoms with Gasteiger partial charge in [0.1, 0.15) is 0 Å². The van der Waals surface area contributed by atoms with Crippen LogP contribution in [0.4, 0.5) is 0 Å². The van der Waals surface area contributed by atoms with E-state index in [9.17, 15) is 4.79 Å². The molecule has 1 amide bonds. The molecule has 3 nitrogen and oxygen atoms in total. The first-order valence-electron chi connectivity index (χ1n) is 6.00. The van der Waals surface area contributed by atoms with Gasteiger partial charge in [0.15, 0.2) is 0 Å². The molecule has 0 radical (unpaired) electrons. The fraction of sp³-hybridized carbons (Fsp3) is 0.462. The van der Waals surface area contributed by atoms with E-state index in [2.05, 4.69) is 33.2 Å². The van der Waals surface area contributed by atoms with Gasteiger partial charge in [0.2, 0.25) is 0 Å². The molecular weight excluding hydrogens is 316 g/mol. The summed E-state index contributed by atoms with van der Waals surface area (Å²) in [5.74, 6) is -0.0484. The van der Waals surface area contributed by atoms with Gasteiger partial charge in [-0.1, -0.05) is 27.5 Å². The van der Waals surface area contributed by atoms with Crippen LogP contribution in [0, 0.1) is 0 Å². The Bertz CT molecular complexity index is 424. The van der Waals surface area contributed by atoms with Gasteiger partial charge in [0, 0.05) is 21.1 Å². The normalized spacial score (nSPS) is 17.7. The maximum absolute atomic E-state index is 12.1. The van der Waals surface area contributed by atoms with Gasteiger partial charge in [-0.3, -0.25) is 4.79 Å². The van der Waals surface area contributed by atoms with Gasteiger partial charge in [0.25, 0.3) is 5.91 Å². The maximum Gasteiger partial charge on any atom is 0.251 e. The van der Waals surface area contributed by atoms with Gasteiger partial charge in [-0.15, -0.1) is 0 Å². The predicted molar refractivity (Wildman–Crippen MR) is 77.1 cm³/mol. The van der Waals surface area contributed by atoms with Crippen molar-refractivity contribution < 1.29 is 4.79 Å². The lowest BCUT2D eigenvalue weighted by molar-refractivity contribution is 0.0917. The minimum Gasteiger partial charge on any atom is -0.349 e. The van der Waals surface area contributed by atoms with Crippen molar-refractivity contribution >= 4 is 33.4 Å². The Hall–Kier alpha value is -0.580. The lowest BCUT2D eigenvalue weighted by Crippen LogP contribution is -2.43. The summed E-state index contributed by atoms with van der Waals surface area (Å²) in [7, 11) is 2.10. The molecule has 1 fully saturated rings. The molecule has 0 aliphatic carbocycles. The lowest BCUT2D eigenvalue weighted by Gasteiger charge is -2.29. The Balaban J connectivity index is 1.99. The zero-order chi connectivity index (χ0) is 13.1. The number of likely N-dealkylation sites (tertiary alicyclic amines) is 1. The van der Waals surface area contributed by atoms with Crippen molar-refractivity contribution in [1.82, 2.24) is 10.2 Å². The van der Waals surface area contributed by atoms with Crippen LogP contribution in [-0.2, 0) is 0 Å². The topological polar surface area (TPSA) is 32.3 Å². The number of piperidine rings is 1. The monoisotopic (exact) mass is 330 g/mol. The smallest absolute Gasteiger partial charge is 0.251 e. The third-order valence-corrected chi connectivity index (χ3v) is 3.85. The van der Waals surface area contributed by atoms with Crippen LogP contribution in [0.2, 0.25) is 5.02 Å². The number of benzene rings is 1. The average molecular weight is 332 g/mol. The molecule has 1 aromatic rings. The third-order valence-electron chi connectivity index (χ3n) is 3.18. The molecule has 1 aliphatic rings. The van der Waals surface area contributed by atoms with E-state index in [1.807, 2.05) is 0 Å². The molecular formula is C13H16BrClN2O. The molecule has 0 spiro atoms. The summed E-state index contributed by atoms with van der Waals surface area (Å²) in [6.45, 7) is 2.06. The summed E-state index contributed by atoms with van der Waals surface area (Å²) < 4.78 is 0.823. The average Bonchev–Trinajstić information content (AvgIpc) is 2.31. The largest absolute Gasteiger partial charge is 0.349 e. The molecule has 1 aliphatic heterocycles. The Morgan fingerprint density at radius 1 is 1.39 bits per heavy atom. The van der Waals surface area contributed by atoms with Crippen molar-refractivity contribution in [2.45, 2.75) is 18.9 Å². The second-order valence-electron chi connectivity index (χ2n) is 4.71. The standard InChI is InChI=1S/C13H16BrClN2O/c1-17-4-2-12(3-5-17)16-13(18)9-6-10(14)8-11(15)7-9/h6-8,12H,2-5H2,1H3,(H,16,18). The van der Waals surface area contributed by atoms with Crippen molar-refractivity contribution in [3.63, 3.8) is 0 Å². The van der Waals surface area contributed by atoms with Crippen molar-refractivity contribution in [2.24, 2.45) is 0 Å². The molecule has 1 saturated heterocycles. The number of nitrogens with one attached hydrogen (secondary N) is 1. The Labute approximate surface area is 121 Å². The van der Waals surface area contributed by atoms with Gasteiger partial charge >= 0.3 is 0 Å². The number of carbonyl (C=O) groups excluding carboxylic acids is 1. The zero-order valence-electron chi connectivity index (χ0n) is 10.2. The second-order valence-corrected chi connectivity index (χ2v) is 6.06. The van der Waals surface area contributed by atoms with Crippen molar-refractivity contribution in [1.29, 1.82) is 0 Å². The van der Waals surface area contributed by atoms with E-state index in [1.165, 1.54) is 0 Å². The molecule has 2 rings (SSSR count). The minimum atomic E-state index is -0.0484. The van der Waals surface area contributed by atoms with Crippen molar-refractivity contribution in [3.05, 3.63) is 33.3 Å². The van der Waals surface area contributed by atoms with E-state index >= 15 is 0 Å². The fourth-order valence-corrected chi connectivity index (χ4v) is 2.97. The van der Waals surface area contributed by atoms with E-state index in [1.54, 1.807) is 18.2 Å². The molecule has 0 saturated carbocycles. The molecule has 98 valence electrons. The summed E-state index contributed by atoms with van der Waals surface area (Å²) in [4.78, 5) is 14.4. The number of carbonyl (C=O) groups is 1. The van der Waals surface area contributed by atoms with Gasteiger partial charge in [0.05, 0.1) is 0 Å². The maximum atomic E-state index is 12.1. The molecule has 0 bridgehead atoms. The third kappa shape index (κ3) is 3.70. The van der Waals surface area contributed by atoms with Crippen molar-refractivity contribution in [2.75, 3.05) is 20.1 Å². The highest BCUT2D eigenvalue weighted by Crippen LogP contribution is 2.20. The second kappa shape index (κ2) is 6.04. The quantitative estimate of drug-likeness (QED) is 0.904. The highest BCUT2D eigenvalue weighted by Gasteiger charge is 2.19. The number of hydrogen-bond acceptors (Lipinski definition) is 2. The molecule has 1 N–H and O–H groups in total. The van der Waals surface area contributed by atoms with E-state index in [0.717, 1.165) is 30.4 Å². The first-order chi connectivity index (χ1) is 8.54.